The minimum atomic E-state index is 0.553. The van der Waals surface area contributed by atoms with Crippen molar-refractivity contribution in [2.24, 2.45) is 0 Å². The van der Waals surface area contributed by atoms with Gasteiger partial charge in [0.05, 0.1) is 28.6 Å². The van der Waals surface area contributed by atoms with E-state index in [4.69, 9.17) is 21.5 Å². The quantitative estimate of drug-likeness (QED) is 0.172. The van der Waals surface area contributed by atoms with Crippen molar-refractivity contribution in [3.63, 3.8) is 0 Å². The first-order chi connectivity index (χ1) is 25.7. The predicted molar refractivity (Wildman–Crippen MR) is 211 cm³/mol. The highest BCUT2D eigenvalue weighted by Crippen LogP contribution is 2.42. The van der Waals surface area contributed by atoms with Crippen LogP contribution in [0.2, 0.25) is 0 Å². The minimum absolute atomic E-state index is 0.553. The Morgan fingerprint density at radius 3 is 1.52 bits per heavy atom. The van der Waals surface area contributed by atoms with E-state index < -0.39 is 0 Å². The van der Waals surface area contributed by atoms with Gasteiger partial charge in [-0.1, -0.05) is 146 Å². The first-order valence-corrected chi connectivity index (χ1v) is 17.2. The zero-order chi connectivity index (χ0) is 34.6. The van der Waals surface area contributed by atoms with E-state index in [1.54, 1.807) is 0 Å². The lowest BCUT2D eigenvalue weighted by atomic mass is 10.0. The molecule has 10 rings (SSSR count). The largest absolute Gasteiger partial charge is 0.307 e. The third kappa shape index (κ3) is 4.68. The molecule has 0 aliphatic heterocycles. The Balaban J connectivity index is 1.33. The lowest BCUT2D eigenvalue weighted by Gasteiger charge is -2.14. The van der Waals surface area contributed by atoms with Crippen LogP contribution < -0.4 is 0 Å². The van der Waals surface area contributed by atoms with Crippen molar-refractivity contribution < 1.29 is 0 Å². The van der Waals surface area contributed by atoms with Crippen LogP contribution in [0.25, 0.3) is 94.0 Å². The van der Waals surface area contributed by atoms with Crippen molar-refractivity contribution in [1.29, 1.82) is 0 Å². The molecule has 3 heterocycles. The molecule has 0 radical (unpaired) electrons. The molecular formula is C46H28N6. The van der Waals surface area contributed by atoms with E-state index >= 15 is 0 Å². The standard InChI is InChI=1S/C46H28N6/c1-47-34-25-23-30(24-26-34)33-17-12-18-35(29-33)51-40-21-10-8-19-36(40)38-27-28-39-37-20-9-11-22-41(37)52(43(39)42(38)51)46-49-44(31-13-4-2-5-14-31)48-45(50-46)32-15-6-3-7-16-32/h2-29H. The van der Waals surface area contributed by atoms with Crippen LogP contribution >= 0.6 is 0 Å². The minimum Gasteiger partial charge on any atom is -0.307 e. The van der Waals surface area contributed by atoms with Gasteiger partial charge in [-0.2, -0.15) is 9.97 Å². The molecule has 0 aliphatic rings. The van der Waals surface area contributed by atoms with Crippen LogP contribution in [0.4, 0.5) is 5.69 Å². The molecule has 6 heteroatoms. The van der Waals surface area contributed by atoms with Gasteiger partial charge in [0.25, 0.3) is 0 Å². The Hall–Kier alpha value is -7.36. The molecule has 0 amide bonds. The van der Waals surface area contributed by atoms with Crippen LogP contribution in [0.3, 0.4) is 0 Å². The van der Waals surface area contributed by atoms with Gasteiger partial charge in [-0.05, 0) is 35.4 Å². The Morgan fingerprint density at radius 1 is 0.404 bits per heavy atom. The Kier molecular flexibility index (Phi) is 6.76. The molecule has 6 nitrogen and oxygen atoms in total. The maximum atomic E-state index is 7.40. The van der Waals surface area contributed by atoms with E-state index in [9.17, 15) is 0 Å². The van der Waals surface area contributed by atoms with Gasteiger partial charge < -0.3 is 4.57 Å². The molecular weight excluding hydrogens is 637 g/mol. The summed E-state index contributed by atoms with van der Waals surface area (Å²) in [4.78, 5) is 19.0. The first kappa shape index (κ1) is 29.5. The van der Waals surface area contributed by atoms with Crippen LogP contribution in [-0.4, -0.2) is 24.1 Å². The summed E-state index contributed by atoms with van der Waals surface area (Å²) in [6.45, 7) is 7.40. The molecule has 52 heavy (non-hydrogen) atoms. The van der Waals surface area contributed by atoms with Crippen LogP contribution in [0.15, 0.2) is 170 Å². The molecule has 242 valence electrons. The third-order valence-corrected chi connectivity index (χ3v) is 9.79. The normalized spacial score (nSPS) is 11.4. The molecule has 0 aliphatic carbocycles. The Labute approximate surface area is 299 Å². The average molecular weight is 665 g/mol. The van der Waals surface area contributed by atoms with E-state index in [-0.39, 0.29) is 0 Å². The summed E-state index contributed by atoms with van der Waals surface area (Å²) in [7, 11) is 0. The molecule has 10 aromatic rings. The van der Waals surface area contributed by atoms with E-state index in [2.05, 4.69) is 98.9 Å². The van der Waals surface area contributed by atoms with Gasteiger partial charge in [-0.3, -0.25) is 4.57 Å². The number of hydrogen-bond acceptors (Lipinski definition) is 3. The summed E-state index contributed by atoms with van der Waals surface area (Å²) in [6.07, 6.45) is 0. The van der Waals surface area contributed by atoms with Crippen molar-refractivity contribution in [3.05, 3.63) is 181 Å². The molecule has 0 unspecified atom stereocenters. The van der Waals surface area contributed by atoms with E-state index in [1.165, 1.54) is 0 Å². The Morgan fingerprint density at radius 2 is 0.923 bits per heavy atom. The van der Waals surface area contributed by atoms with Gasteiger partial charge in [0, 0.05) is 38.4 Å². The van der Waals surface area contributed by atoms with Gasteiger partial charge in [0.1, 0.15) is 0 Å². The maximum absolute atomic E-state index is 7.40. The lowest BCUT2D eigenvalue weighted by Crippen LogP contribution is -2.07. The molecule has 0 N–H and O–H groups in total. The second kappa shape index (κ2) is 11.9. The molecule has 0 atom stereocenters. The molecule has 0 spiro atoms. The molecule has 0 bridgehead atoms. The monoisotopic (exact) mass is 664 g/mol. The van der Waals surface area contributed by atoms with Crippen LogP contribution in [0, 0.1) is 6.57 Å². The first-order valence-electron chi connectivity index (χ1n) is 17.2. The van der Waals surface area contributed by atoms with E-state index in [1.807, 2.05) is 84.9 Å². The van der Waals surface area contributed by atoms with Gasteiger partial charge in [-0.15, -0.1) is 0 Å². The summed E-state index contributed by atoms with van der Waals surface area (Å²) >= 11 is 0. The predicted octanol–water partition coefficient (Wildman–Crippen LogP) is 11.6. The highest BCUT2D eigenvalue weighted by molar-refractivity contribution is 6.23. The van der Waals surface area contributed by atoms with Crippen molar-refractivity contribution in [2.75, 3.05) is 0 Å². The summed E-state index contributed by atoms with van der Waals surface area (Å²) in [6, 6.07) is 58.2. The zero-order valence-electron chi connectivity index (χ0n) is 27.8. The van der Waals surface area contributed by atoms with Gasteiger partial charge in [0.15, 0.2) is 17.3 Å². The lowest BCUT2D eigenvalue weighted by molar-refractivity contribution is 0.953. The molecule has 0 saturated carbocycles. The number of nitrogens with zero attached hydrogens (tertiary/aromatic N) is 6. The maximum Gasteiger partial charge on any atom is 0.238 e. The fraction of sp³-hybridized carbons (Fsp3) is 0. The van der Waals surface area contributed by atoms with Crippen LogP contribution in [-0.2, 0) is 0 Å². The summed E-state index contributed by atoms with van der Waals surface area (Å²) in [5, 5.41) is 4.53. The third-order valence-electron chi connectivity index (χ3n) is 9.79. The molecule has 3 aromatic heterocycles. The number of rotatable bonds is 5. The number of benzene rings is 7. The van der Waals surface area contributed by atoms with Gasteiger partial charge in [0.2, 0.25) is 5.95 Å². The number of hydrogen-bond donors (Lipinski definition) is 0. The average Bonchev–Trinajstić information content (AvgIpc) is 3.75. The fourth-order valence-corrected chi connectivity index (χ4v) is 7.43. The topological polar surface area (TPSA) is 52.9 Å². The van der Waals surface area contributed by atoms with E-state index in [0.717, 1.165) is 71.6 Å². The second-order valence-electron chi connectivity index (χ2n) is 12.8. The summed E-state index contributed by atoms with van der Waals surface area (Å²) < 4.78 is 4.59. The second-order valence-corrected chi connectivity index (χ2v) is 12.8. The van der Waals surface area contributed by atoms with Gasteiger partial charge >= 0.3 is 0 Å². The molecule has 0 fully saturated rings. The summed E-state index contributed by atoms with van der Waals surface area (Å²) in [5.41, 5.74) is 9.84. The van der Waals surface area contributed by atoms with Crippen LogP contribution in [0.5, 0.6) is 0 Å². The number of para-hydroxylation sites is 2. The fourth-order valence-electron chi connectivity index (χ4n) is 7.43. The van der Waals surface area contributed by atoms with Crippen molar-refractivity contribution in [1.82, 2.24) is 24.1 Å². The smallest absolute Gasteiger partial charge is 0.238 e. The SMILES string of the molecule is [C-]#[N+]c1ccc(-c2cccc(-n3c4ccccc4c4ccc5c6ccccc6n(-c6nc(-c7ccccc7)nc(-c7ccccc7)n6)c5c43)c2)cc1. The van der Waals surface area contributed by atoms with Gasteiger partial charge in [-0.25, -0.2) is 9.83 Å². The molecule has 0 saturated heterocycles. The van der Waals surface area contributed by atoms with Crippen molar-refractivity contribution in [2.45, 2.75) is 0 Å². The zero-order valence-corrected chi connectivity index (χ0v) is 27.8. The highest BCUT2D eigenvalue weighted by Gasteiger charge is 2.23. The number of fused-ring (bicyclic) bond motifs is 7. The van der Waals surface area contributed by atoms with E-state index in [0.29, 0.717) is 23.3 Å². The Bertz CT molecular complexity index is 2950. The van der Waals surface area contributed by atoms with Crippen molar-refractivity contribution >= 4 is 49.3 Å². The highest BCUT2D eigenvalue weighted by atomic mass is 15.2. The van der Waals surface area contributed by atoms with Crippen LogP contribution in [0.1, 0.15) is 0 Å². The summed E-state index contributed by atoms with van der Waals surface area (Å²) in [5.74, 6) is 1.77. The van der Waals surface area contributed by atoms with Crippen molar-refractivity contribution in [3.8, 4) is 45.5 Å². The molecule has 7 aromatic carbocycles. The number of aromatic nitrogens is 5.